The maximum atomic E-state index is 13.2. The fourth-order valence-corrected chi connectivity index (χ4v) is 5.76. The molecule has 0 atom stereocenters. The Morgan fingerprint density at radius 1 is 0.919 bits per heavy atom. The zero-order valence-corrected chi connectivity index (χ0v) is 21.4. The largest absolute Gasteiger partial charge is 0.454 e. The van der Waals surface area contributed by atoms with Gasteiger partial charge in [0.05, 0.1) is 42.1 Å². The van der Waals surface area contributed by atoms with E-state index in [0.717, 1.165) is 31.1 Å². The summed E-state index contributed by atoms with van der Waals surface area (Å²) in [4.78, 5) is 13.1. The summed E-state index contributed by atoms with van der Waals surface area (Å²) in [5.74, 6) is 2.32. The van der Waals surface area contributed by atoms with E-state index in [4.69, 9.17) is 26.1 Å². The molecule has 11 heteroatoms. The molecule has 3 heterocycles. The number of hydrogen-bond donors (Lipinski definition) is 2. The van der Waals surface area contributed by atoms with Crippen LogP contribution < -0.4 is 24.0 Å². The Kier molecular flexibility index (Phi) is 6.23. The smallest absolute Gasteiger partial charge is 0.263 e. The highest BCUT2D eigenvalue weighted by atomic mass is 35.5. The Morgan fingerprint density at radius 3 is 2.38 bits per heavy atom. The number of sulfonamides is 1. The monoisotopic (exact) mass is 538 g/mol. The fraction of sp³-hybridized carbons (Fsp3) is 0.231. The number of halogens is 1. The first-order valence-electron chi connectivity index (χ1n) is 12.0. The topological polar surface area (TPSA) is 98.1 Å². The van der Waals surface area contributed by atoms with Crippen molar-refractivity contribution in [2.45, 2.75) is 11.4 Å². The van der Waals surface area contributed by atoms with Crippen LogP contribution >= 0.6 is 11.6 Å². The van der Waals surface area contributed by atoms with Crippen LogP contribution in [0.3, 0.4) is 0 Å². The first-order valence-corrected chi connectivity index (χ1v) is 13.8. The number of nitrogens with zero attached hydrogens (tertiary/aromatic N) is 3. The molecule has 2 N–H and O–H groups in total. The van der Waals surface area contributed by atoms with Crippen LogP contribution in [0, 0.1) is 0 Å². The Bertz CT molecular complexity index is 1560. The Labute approximate surface area is 219 Å². The third-order valence-corrected chi connectivity index (χ3v) is 8.18. The molecule has 6 rings (SSSR count). The summed E-state index contributed by atoms with van der Waals surface area (Å²) in [6.07, 6.45) is 0. The summed E-state index contributed by atoms with van der Waals surface area (Å²) in [6.45, 7) is 4.29. The average molecular weight is 539 g/mol. The van der Waals surface area contributed by atoms with Crippen LogP contribution in [0.2, 0.25) is 5.02 Å². The van der Waals surface area contributed by atoms with Crippen molar-refractivity contribution >= 4 is 44.3 Å². The van der Waals surface area contributed by atoms with Crippen LogP contribution in [0.1, 0.15) is 5.56 Å². The van der Waals surface area contributed by atoms with Crippen LogP contribution in [-0.4, -0.2) is 51.4 Å². The maximum Gasteiger partial charge on any atom is 0.263 e. The number of hydrogen-bond acceptors (Lipinski definition) is 7. The van der Waals surface area contributed by atoms with E-state index in [1.165, 1.54) is 22.6 Å². The molecule has 0 amide bonds. The van der Waals surface area contributed by atoms with Crippen molar-refractivity contribution in [1.82, 2.24) is 9.97 Å². The quantitative estimate of drug-likeness (QED) is 0.389. The van der Waals surface area contributed by atoms with E-state index >= 15 is 0 Å². The predicted octanol–water partition coefficient (Wildman–Crippen LogP) is 2.72. The number of aromatic nitrogens is 2. The van der Waals surface area contributed by atoms with Gasteiger partial charge < -0.3 is 19.3 Å². The molecule has 4 aromatic rings. The SMILES string of the molecule is O=S(=O)(Nc1nc2ccccc2nc1N1CC[NH+](Cc2ccc3c(c2)OCO3)CC1)c1ccc(Cl)cc1. The lowest BCUT2D eigenvalue weighted by atomic mass is 10.1. The summed E-state index contributed by atoms with van der Waals surface area (Å²) in [5, 5.41) is 0.464. The molecule has 0 unspecified atom stereocenters. The second-order valence-electron chi connectivity index (χ2n) is 9.05. The molecule has 2 aliphatic rings. The molecule has 190 valence electrons. The van der Waals surface area contributed by atoms with Crippen LogP contribution in [0.5, 0.6) is 11.5 Å². The van der Waals surface area contributed by atoms with Gasteiger partial charge in [-0.25, -0.2) is 18.4 Å². The molecule has 0 spiro atoms. The van der Waals surface area contributed by atoms with Gasteiger partial charge in [-0.3, -0.25) is 4.72 Å². The molecular formula is C26H25ClN5O4S+. The fourth-order valence-electron chi connectivity index (χ4n) is 4.63. The van der Waals surface area contributed by atoms with Crippen LogP contribution in [0.15, 0.2) is 71.6 Å². The molecule has 0 bridgehead atoms. The van der Waals surface area contributed by atoms with Gasteiger partial charge in [-0.15, -0.1) is 0 Å². The molecule has 1 saturated heterocycles. The van der Waals surface area contributed by atoms with Crippen molar-refractivity contribution in [3.8, 4) is 11.5 Å². The third-order valence-electron chi connectivity index (χ3n) is 6.57. The second-order valence-corrected chi connectivity index (χ2v) is 11.2. The van der Waals surface area contributed by atoms with E-state index in [1.807, 2.05) is 36.4 Å². The Hall–Kier alpha value is -3.60. The van der Waals surface area contributed by atoms with Gasteiger partial charge in [0, 0.05) is 10.6 Å². The molecule has 3 aromatic carbocycles. The van der Waals surface area contributed by atoms with Crippen LogP contribution in [0.4, 0.5) is 11.6 Å². The Morgan fingerprint density at radius 2 is 1.62 bits per heavy atom. The van der Waals surface area contributed by atoms with E-state index in [9.17, 15) is 8.42 Å². The Balaban J connectivity index is 1.23. The minimum Gasteiger partial charge on any atom is -0.454 e. The molecule has 1 aromatic heterocycles. The molecule has 9 nitrogen and oxygen atoms in total. The van der Waals surface area contributed by atoms with E-state index in [-0.39, 0.29) is 17.5 Å². The van der Waals surface area contributed by atoms with Crippen molar-refractivity contribution in [3.05, 3.63) is 77.3 Å². The van der Waals surface area contributed by atoms with E-state index in [0.29, 0.717) is 35.0 Å². The van der Waals surface area contributed by atoms with Gasteiger partial charge in [-0.1, -0.05) is 23.7 Å². The first kappa shape index (κ1) is 23.8. The van der Waals surface area contributed by atoms with Gasteiger partial charge >= 0.3 is 0 Å². The predicted molar refractivity (Wildman–Crippen MR) is 141 cm³/mol. The van der Waals surface area contributed by atoms with Gasteiger partial charge in [0.2, 0.25) is 6.79 Å². The number of anilines is 2. The van der Waals surface area contributed by atoms with Crippen LogP contribution in [-0.2, 0) is 16.6 Å². The van der Waals surface area contributed by atoms with Crippen molar-refractivity contribution < 1.29 is 22.8 Å². The number of benzene rings is 3. The standard InChI is InChI=1S/C26H24ClN5O4S/c27-19-6-8-20(9-7-19)37(33,34)30-25-26(29-22-4-2-1-3-21(22)28-25)32-13-11-31(12-14-32)16-18-5-10-23-24(15-18)36-17-35-23/h1-10,15H,11-14,16-17H2,(H,28,30)/p+1. The van der Waals surface area contributed by atoms with Gasteiger partial charge in [-0.2, -0.15) is 0 Å². The summed E-state index contributed by atoms with van der Waals surface area (Å²) >= 11 is 5.94. The highest BCUT2D eigenvalue weighted by Crippen LogP contribution is 2.32. The molecular weight excluding hydrogens is 514 g/mol. The summed E-state index contributed by atoms with van der Waals surface area (Å²) in [6, 6.07) is 19.6. The summed E-state index contributed by atoms with van der Waals surface area (Å²) < 4.78 is 39.9. The normalized spacial score (nSPS) is 15.8. The second kappa shape index (κ2) is 9.70. The van der Waals surface area contributed by atoms with Gasteiger partial charge in [0.25, 0.3) is 10.0 Å². The number of rotatable bonds is 6. The van der Waals surface area contributed by atoms with E-state index < -0.39 is 10.0 Å². The average Bonchev–Trinajstić information content (AvgIpc) is 3.37. The third kappa shape index (κ3) is 5.00. The lowest BCUT2D eigenvalue weighted by Crippen LogP contribution is -3.13. The minimum absolute atomic E-state index is 0.107. The minimum atomic E-state index is -3.88. The molecule has 0 aliphatic carbocycles. The zero-order chi connectivity index (χ0) is 25.4. The van der Waals surface area contributed by atoms with Gasteiger partial charge in [-0.05, 0) is 54.6 Å². The highest BCUT2D eigenvalue weighted by molar-refractivity contribution is 7.92. The number of fused-ring (bicyclic) bond motifs is 2. The van der Waals surface area contributed by atoms with Crippen molar-refractivity contribution in [2.75, 3.05) is 42.6 Å². The summed E-state index contributed by atoms with van der Waals surface area (Å²) in [7, 11) is -3.88. The molecule has 2 aliphatic heterocycles. The molecule has 37 heavy (non-hydrogen) atoms. The van der Waals surface area contributed by atoms with Crippen LogP contribution in [0.25, 0.3) is 11.0 Å². The molecule has 0 saturated carbocycles. The highest BCUT2D eigenvalue weighted by Gasteiger charge is 2.27. The number of para-hydroxylation sites is 2. The number of nitrogens with one attached hydrogen (secondary N) is 2. The first-order chi connectivity index (χ1) is 17.9. The lowest BCUT2D eigenvalue weighted by Gasteiger charge is -2.33. The van der Waals surface area contributed by atoms with Crippen molar-refractivity contribution in [1.29, 1.82) is 0 Å². The molecule has 1 fully saturated rings. The molecule has 0 radical (unpaired) electrons. The van der Waals surface area contributed by atoms with Crippen molar-refractivity contribution in [3.63, 3.8) is 0 Å². The van der Waals surface area contributed by atoms with E-state index in [2.05, 4.69) is 20.7 Å². The maximum absolute atomic E-state index is 13.2. The number of quaternary nitrogens is 1. The summed E-state index contributed by atoms with van der Waals surface area (Å²) in [5.41, 5.74) is 2.52. The number of piperazine rings is 1. The number of ether oxygens (including phenoxy) is 2. The van der Waals surface area contributed by atoms with Gasteiger partial charge in [0.1, 0.15) is 6.54 Å². The van der Waals surface area contributed by atoms with Gasteiger partial charge in [0.15, 0.2) is 23.1 Å². The van der Waals surface area contributed by atoms with Crippen molar-refractivity contribution in [2.24, 2.45) is 0 Å². The zero-order valence-electron chi connectivity index (χ0n) is 19.9. The lowest BCUT2D eigenvalue weighted by molar-refractivity contribution is -0.914. The van der Waals surface area contributed by atoms with E-state index in [1.54, 1.807) is 12.1 Å².